The molecule has 0 fully saturated rings. The van der Waals surface area contributed by atoms with E-state index in [-0.39, 0.29) is 17.6 Å². The zero-order chi connectivity index (χ0) is 16.7. The van der Waals surface area contributed by atoms with Gasteiger partial charge in [0.05, 0.1) is 5.69 Å². The first-order chi connectivity index (χ1) is 10.4. The number of hydrogen-bond donors (Lipinski definition) is 0. The van der Waals surface area contributed by atoms with E-state index in [9.17, 15) is 13.6 Å². The summed E-state index contributed by atoms with van der Waals surface area (Å²) in [6.45, 7) is 5.88. The van der Waals surface area contributed by atoms with Crippen molar-refractivity contribution in [2.24, 2.45) is 0 Å². The van der Waals surface area contributed by atoms with E-state index in [0.717, 1.165) is 31.7 Å². The highest BCUT2D eigenvalue weighted by Crippen LogP contribution is 2.31. The van der Waals surface area contributed by atoms with E-state index in [1.165, 1.54) is 11.0 Å². The molecule has 0 saturated carbocycles. The predicted molar refractivity (Wildman–Crippen MR) is 87.4 cm³/mol. The van der Waals surface area contributed by atoms with E-state index in [4.69, 9.17) is 11.6 Å². The molecule has 0 aliphatic heterocycles. The Labute approximate surface area is 136 Å². The fraction of sp³-hybridized carbons (Fsp3) is 0.588. The Kier molecular flexibility index (Phi) is 7.80. The second-order valence-electron chi connectivity index (χ2n) is 5.55. The van der Waals surface area contributed by atoms with E-state index >= 15 is 0 Å². The molecular formula is C17H24ClF2NO. The van der Waals surface area contributed by atoms with Gasteiger partial charge in [-0.1, -0.05) is 44.7 Å². The molecule has 0 bridgehead atoms. The van der Waals surface area contributed by atoms with E-state index in [2.05, 4.69) is 6.92 Å². The maximum Gasteiger partial charge on any atom is 0.227 e. The van der Waals surface area contributed by atoms with Crippen molar-refractivity contribution >= 4 is 23.2 Å². The number of carbonyl (C=O) groups is 1. The van der Waals surface area contributed by atoms with E-state index in [1.807, 2.05) is 13.8 Å². The fourth-order valence-corrected chi connectivity index (χ4v) is 2.63. The van der Waals surface area contributed by atoms with Crippen LogP contribution in [-0.4, -0.2) is 11.9 Å². The van der Waals surface area contributed by atoms with E-state index in [0.29, 0.717) is 12.8 Å². The number of anilines is 1. The lowest BCUT2D eigenvalue weighted by atomic mass is 10.1. The third-order valence-corrected chi connectivity index (χ3v) is 4.02. The second-order valence-corrected chi connectivity index (χ2v) is 5.93. The van der Waals surface area contributed by atoms with Gasteiger partial charge in [-0.25, -0.2) is 8.78 Å². The van der Waals surface area contributed by atoms with Gasteiger partial charge in [0.2, 0.25) is 5.91 Å². The summed E-state index contributed by atoms with van der Waals surface area (Å²) in [4.78, 5) is 13.8. The van der Waals surface area contributed by atoms with Crippen LogP contribution in [0.4, 0.5) is 14.5 Å². The lowest BCUT2D eigenvalue weighted by Crippen LogP contribution is -2.39. The Balaban J connectivity index is 3.10. The van der Waals surface area contributed by atoms with Gasteiger partial charge in [-0.05, 0) is 31.9 Å². The molecule has 0 aliphatic rings. The molecule has 124 valence electrons. The molecule has 5 heteroatoms. The minimum atomic E-state index is -0.867. The highest BCUT2D eigenvalue weighted by atomic mass is 35.5. The van der Waals surface area contributed by atoms with Crippen LogP contribution in [0.5, 0.6) is 0 Å². The number of halogens is 3. The van der Waals surface area contributed by atoms with Crippen LogP contribution < -0.4 is 4.90 Å². The van der Waals surface area contributed by atoms with Crippen LogP contribution in [0.1, 0.15) is 59.3 Å². The fourth-order valence-electron chi connectivity index (χ4n) is 2.47. The Hall–Kier alpha value is -1.16. The van der Waals surface area contributed by atoms with Crippen molar-refractivity contribution in [2.45, 2.75) is 65.3 Å². The molecule has 1 amide bonds. The van der Waals surface area contributed by atoms with Gasteiger partial charge in [0.15, 0.2) is 5.82 Å². The average Bonchev–Trinajstić information content (AvgIpc) is 2.48. The smallest absolute Gasteiger partial charge is 0.227 e. The quantitative estimate of drug-likeness (QED) is 0.440. The molecule has 0 heterocycles. The summed E-state index contributed by atoms with van der Waals surface area (Å²) in [6.07, 6.45) is 4.88. The van der Waals surface area contributed by atoms with Crippen LogP contribution >= 0.6 is 11.6 Å². The topological polar surface area (TPSA) is 20.3 Å². The molecule has 2 nitrogen and oxygen atoms in total. The van der Waals surface area contributed by atoms with Crippen LogP contribution in [0.3, 0.4) is 0 Å². The van der Waals surface area contributed by atoms with E-state index in [1.54, 1.807) is 0 Å². The van der Waals surface area contributed by atoms with Gasteiger partial charge in [-0.2, -0.15) is 0 Å². The zero-order valence-electron chi connectivity index (χ0n) is 13.5. The lowest BCUT2D eigenvalue weighted by Gasteiger charge is -2.30. The predicted octanol–water partition coefficient (Wildman–Crippen LogP) is 5.72. The molecule has 22 heavy (non-hydrogen) atoms. The van der Waals surface area contributed by atoms with Crippen LogP contribution in [-0.2, 0) is 4.79 Å². The molecule has 0 aliphatic carbocycles. The Morgan fingerprint density at radius 1 is 1.23 bits per heavy atom. The molecular weight excluding hydrogens is 308 g/mol. The zero-order valence-corrected chi connectivity index (χ0v) is 14.2. The molecule has 0 aromatic heterocycles. The molecule has 0 saturated heterocycles. The molecule has 1 atom stereocenters. The highest BCUT2D eigenvalue weighted by Gasteiger charge is 2.25. The summed E-state index contributed by atoms with van der Waals surface area (Å²) < 4.78 is 27.6. The van der Waals surface area contributed by atoms with Gasteiger partial charge in [0.25, 0.3) is 0 Å². The maximum absolute atomic E-state index is 14.3. The van der Waals surface area contributed by atoms with Gasteiger partial charge in [0, 0.05) is 12.5 Å². The normalized spacial score (nSPS) is 12.3. The monoisotopic (exact) mass is 331 g/mol. The van der Waals surface area contributed by atoms with Gasteiger partial charge in [-0.3, -0.25) is 4.79 Å². The molecule has 0 N–H and O–H groups in total. The standard InChI is InChI=1S/C17H24ClF2NO/c1-4-6-7-9-12(3)21(15(22)8-5-2)14-11-10-13(19)16(18)17(14)20/h10-12H,4-9H2,1-3H3. The van der Waals surface area contributed by atoms with Gasteiger partial charge in [-0.15, -0.1) is 0 Å². The molecule has 1 unspecified atom stereocenters. The van der Waals surface area contributed by atoms with E-state index < -0.39 is 16.7 Å². The number of hydrogen-bond acceptors (Lipinski definition) is 1. The number of rotatable bonds is 8. The summed E-state index contributed by atoms with van der Waals surface area (Å²) in [7, 11) is 0. The van der Waals surface area contributed by atoms with Crippen molar-refractivity contribution in [1.29, 1.82) is 0 Å². The van der Waals surface area contributed by atoms with Crippen molar-refractivity contribution in [3.8, 4) is 0 Å². The summed E-state index contributed by atoms with van der Waals surface area (Å²) in [5, 5.41) is -0.562. The molecule has 0 radical (unpaired) electrons. The molecule has 1 aromatic rings. The largest absolute Gasteiger partial charge is 0.307 e. The molecule has 0 spiro atoms. The summed E-state index contributed by atoms with van der Waals surface area (Å²) in [6, 6.07) is 2.24. The summed E-state index contributed by atoms with van der Waals surface area (Å²) in [5.74, 6) is -1.84. The second kappa shape index (κ2) is 9.09. The Morgan fingerprint density at radius 3 is 2.50 bits per heavy atom. The van der Waals surface area contributed by atoms with Crippen LogP contribution in [0.25, 0.3) is 0 Å². The minimum Gasteiger partial charge on any atom is -0.307 e. The van der Waals surface area contributed by atoms with Gasteiger partial charge < -0.3 is 4.90 Å². The van der Waals surface area contributed by atoms with Gasteiger partial charge >= 0.3 is 0 Å². The minimum absolute atomic E-state index is 0.0637. The first kappa shape index (κ1) is 18.9. The third kappa shape index (κ3) is 4.67. The van der Waals surface area contributed by atoms with Crippen molar-refractivity contribution in [2.75, 3.05) is 4.90 Å². The number of unbranched alkanes of at least 4 members (excludes halogenated alkanes) is 2. The summed E-state index contributed by atoms with van der Waals surface area (Å²) in [5.41, 5.74) is 0.0637. The highest BCUT2D eigenvalue weighted by molar-refractivity contribution is 6.31. The van der Waals surface area contributed by atoms with Crippen molar-refractivity contribution in [1.82, 2.24) is 0 Å². The first-order valence-electron chi connectivity index (χ1n) is 7.89. The number of benzene rings is 1. The number of amides is 1. The van der Waals surface area contributed by atoms with Crippen LogP contribution in [0.2, 0.25) is 5.02 Å². The van der Waals surface area contributed by atoms with Crippen LogP contribution in [0, 0.1) is 11.6 Å². The van der Waals surface area contributed by atoms with Crippen molar-refractivity contribution in [3.63, 3.8) is 0 Å². The first-order valence-corrected chi connectivity index (χ1v) is 8.27. The third-order valence-electron chi connectivity index (χ3n) is 3.67. The molecule has 1 rings (SSSR count). The number of carbonyl (C=O) groups excluding carboxylic acids is 1. The maximum atomic E-state index is 14.3. The molecule has 1 aromatic carbocycles. The lowest BCUT2D eigenvalue weighted by molar-refractivity contribution is -0.119. The number of nitrogens with zero attached hydrogens (tertiary/aromatic N) is 1. The van der Waals surface area contributed by atoms with Crippen LogP contribution in [0.15, 0.2) is 12.1 Å². The van der Waals surface area contributed by atoms with Gasteiger partial charge in [0.1, 0.15) is 10.8 Å². The average molecular weight is 332 g/mol. The Bertz CT molecular complexity index is 508. The SMILES string of the molecule is CCCCCC(C)N(C(=O)CCC)c1ccc(F)c(Cl)c1F. The summed E-state index contributed by atoms with van der Waals surface area (Å²) >= 11 is 5.65. The van der Waals surface area contributed by atoms with Crippen molar-refractivity contribution < 1.29 is 13.6 Å². The van der Waals surface area contributed by atoms with Crippen molar-refractivity contribution in [3.05, 3.63) is 28.8 Å². The Morgan fingerprint density at radius 2 is 1.91 bits per heavy atom.